The van der Waals surface area contributed by atoms with Gasteiger partial charge in [-0.05, 0) is 38.5 Å². The number of unbranched alkanes of at least 4 members (excludes halogenated alkanes) is 4. The zero-order valence-electron chi connectivity index (χ0n) is 36.5. The second-order valence-electron chi connectivity index (χ2n) is 16.1. The smallest absolute Gasteiger partial charge is 0.220 e. The van der Waals surface area contributed by atoms with E-state index in [0.717, 1.165) is 51.4 Å². The van der Waals surface area contributed by atoms with Crippen molar-refractivity contribution in [2.75, 3.05) is 26.4 Å². The molecule has 3 saturated heterocycles. The number of nitrogens with one attached hydrogen (secondary N) is 1. The molecule has 0 aromatic carbocycles. The van der Waals surface area contributed by atoms with Crippen molar-refractivity contribution < 1.29 is 89.4 Å². The third-order valence-corrected chi connectivity index (χ3v) is 11.2. The Labute approximate surface area is 370 Å². The lowest BCUT2D eigenvalue weighted by atomic mass is 9.96. The summed E-state index contributed by atoms with van der Waals surface area (Å²) in [4.78, 5) is 13.0. The maximum Gasteiger partial charge on any atom is 0.220 e. The Kier molecular flexibility index (Phi) is 26.3. The Hall–Kier alpha value is -2.25. The van der Waals surface area contributed by atoms with Crippen molar-refractivity contribution in [1.29, 1.82) is 0 Å². The van der Waals surface area contributed by atoms with Gasteiger partial charge in [0.1, 0.15) is 73.2 Å². The van der Waals surface area contributed by atoms with Gasteiger partial charge in [-0.15, -0.1) is 0 Å². The molecule has 19 nitrogen and oxygen atoms in total. The van der Waals surface area contributed by atoms with Crippen LogP contribution in [0.1, 0.15) is 90.9 Å². The predicted octanol–water partition coefficient (Wildman–Crippen LogP) is -0.757. The van der Waals surface area contributed by atoms with Crippen LogP contribution in [-0.4, -0.2) is 193 Å². The maximum absolute atomic E-state index is 13.0. The van der Waals surface area contributed by atoms with Gasteiger partial charge in [0, 0.05) is 6.42 Å². The van der Waals surface area contributed by atoms with E-state index in [1.54, 1.807) is 0 Å². The van der Waals surface area contributed by atoms with Gasteiger partial charge in [-0.25, -0.2) is 0 Å². The van der Waals surface area contributed by atoms with Gasteiger partial charge in [0.15, 0.2) is 18.9 Å². The van der Waals surface area contributed by atoms with Crippen molar-refractivity contribution in [1.82, 2.24) is 5.32 Å². The summed E-state index contributed by atoms with van der Waals surface area (Å²) in [6, 6.07) is -0.920. The highest BCUT2D eigenvalue weighted by Gasteiger charge is 2.53. The van der Waals surface area contributed by atoms with Gasteiger partial charge in [0.05, 0.1) is 38.6 Å². The summed E-state index contributed by atoms with van der Waals surface area (Å²) in [5.41, 5.74) is 0. The Morgan fingerprint density at radius 1 is 0.587 bits per heavy atom. The Balaban J connectivity index is 1.58. The number of aliphatic hydroxyl groups excluding tert-OH is 11. The van der Waals surface area contributed by atoms with Gasteiger partial charge in [0.2, 0.25) is 5.91 Å². The van der Waals surface area contributed by atoms with E-state index in [-0.39, 0.29) is 18.9 Å². The van der Waals surface area contributed by atoms with E-state index in [1.807, 2.05) is 12.2 Å². The van der Waals surface area contributed by atoms with Crippen LogP contribution in [0.25, 0.3) is 0 Å². The monoisotopic (exact) mass is 905 g/mol. The number of hydrogen-bond acceptors (Lipinski definition) is 18. The van der Waals surface area contributed by atoms with Crippen LogP contribution in [0, 0.1) is 0 Å². The summed E-state index contributed by atoms with van der Waals surface area (Å²) >= 11 is 0. The average Bonchev–Trinajstić information content (AvgIpc) is 3.28. The van der Waals surface area contributed by atoms with E-state index in [2.05, 4.69) is 55.6 Å². The van der Waals surface area contributed by atoms with Crippen molar-refractivity contribution in [3.63, 3.8) is 0 Å². The van der Waals surface area contributed by atoms with Crippen LogP contribution in [0.5, 0.6) is 0 Å². The minimum Gasteiger partial charge on any atom is -0.394 e. The normalized spacial score (nSPS) is 35.3. The molecule has 0 aromatic rings. The molecule has 3 rings (SSSR count). The summed E-state index contributed by atoms with van der Waals surface area (Å²) < 4.78 is 33.9. The molecule has 3 aliphatic rings. The van der Waals surface area contributed by atoms with Gasteiger partial charge < -0.3 is 89.9 Å². The van der Waals surface area contributed by atoms with Crippen molar-refractivity contribution in [3.8, 4) is 0 Å². The molecule has 3 aliphatic heterocycles. The molecule has 1 amide bonds. The van der Waals surface area contributed by atoms with Crippen LogP contribution in [-0.2, 0) is 33.2 Å². The molecule has 0 aromatic heterocycles. The first-order valence-electron chi connectivity index (χ1n) is 22.4. The first kappa shape index (κ1) is 55.1. The molecule has 0 aliphatic carbocycles. The molecule has 0 spiro atoms. The Bertz CT molecular complexity index is 1360. The number of rotatable bonds is 28. The number of ether oxygens (including phenoxy) is 6. The second-order valence-corrected chi connectivity index (χ2v) is 16.1. The number of carbonyl (C=O) groups excluding carboxylic acids is 1. The first-order valence-corrected chi connectivity index (χ1v) is 22.4. The van der Waals surface area contributed by atoms with E-state index >= 15 is 0 Å². The highest BCUT2D eigenvalue weighted by Crippen LogP contribution is 2.33. The van der Waals surface area contributed by atoms with E-state index < -0.39 is 124 Å². The highest BCUT2D eigenvalue weighted by atomic mass is 16.8. The molecule has 0 saturated carbocycles. The van der Waals surface area contributed by atoms with Crippen LogP contribution in [0.4, 0.5) is 0 Å². The summed E-state index contributed by atoms with van der Waals surface area (Å²) in [7, 11) is 0. The van der Waals surface area contributed by atoms with Crippen molar-refractivity contribution in [3.05, 3.63) is 48.6 Å². The maximum atomic E-state index is 13.0. The Morgan fingerprint density at radius 3 is 1.60 bits per heavy atom. The van der Waals surface area contributed by atoms with E-state index in [9.17, 15) is 61.0 Å². The van der Waals surface area contributed by atoms with E-state index in [1.165, 1.54) is 0 Å². The predicted molar refractivity (Wildman–Crippen MR) is 226 cm³/mol. The van der Waals surface area contributed by atoms with Crippen LogP contribution >= 0.6 is 0 Å². The fourth-order valence-corrected chi connectivity index (χ4v) is 7.38. The number of allylic oxidation sites excluding steroid dienone is 8. The molecule has 17 unspecified atom stereocenters. The summed E-state index contributed by atoms with van der Waals surface area (Å²) in [6.07, 6.45) is -1.01. The molecule has 17 atom stereocenters. The standard InChI is InChI=1S/C44H75NO18/c1-3-5-7-9-10-11-12-13-14-15-16-18-20-22-32(50)45-27(28(49)21-19-17-8-6-4-2)26-58-42-38(56)35(53)40(30(24-47)60-42)63-44-39(57)36(54)41(31(25-48)61-44)62-43-37(55)34(52)33(51)29(23-46)59-43/h5,7,10-11,13-14,16,18,27-31,33-44,46-49,51-57H,3-4,6,8-9,12,15,17,19-26H2,1-2H3,(H,45,50)/b7-5-,11-10-,14-13-,18-16-. The topological polar surface area (TPSA) is 307 Å². The number of hydrogen-bond donors (Lipinski definition) is 12. The largest absolute Gasteiger partial charge is 0.394 e. The highest BCUT2D eigenvalue weighted by molar-refractivity contribution is 5.76. The van der Waals surface area contributed by atoms with Crippen molar-refractivity contribution >= 4 is 5.91 Å². The zero-order valence-corrected chi connectivity index (χ0v) is 36.5. The number of amides is 1. The van der Waals surface area contributed by atoms with Gasteiger partial charge in [-0.3, -0.25) is 4.79 Å². The van der Waals surface area contributed by atoms with Crippen molar-refractivity contribution in [2.24, 2.45) is 0 Å². The second kappa shape index (κ2) is 30.1. The average molecular weight is 906 g/mol. The molecule has 0 radical (unpaired) electrons. The summed E-state index contributed by atoms with van der Waals surface area (Å²) in [5.74, 6) is -0.335. The molecular formula is C44H75NO18. The lowest BCUT2D eigenvalue weighted by molar-refractivity contribution is -0.379. The molecule has 19 heteroatoms. The van der Waals surface area contributed by atoms with Gasteiger partial charge in [-0.1, -0.05) is 94.6 Å². The van der Waals surface area contributed by atoms with Crippen molar-refractivity contribution in [2.45, 2.75) is 195 Å². The molecule has 0 bridgehead atoms. The lowest BCUT2D eigenvalue weighted by Crippen LogP contribution is -2.66. The molecule has 3 fully saturated rings. The van der Waals surface area contributed by atoms with Crippen LogP contribution in [0.2, 0.25) is 0 Å². The quantitative estimate of drug-likeness (QED) is 0.0339. The minimum absolute atomic E-state index is 0.141. The molecule has 63 heavy (non-hydrogen) atoms. The zero-order chi connectivity index (χ0) is 46.3. The van der Waals surface area contributed by atoms with Gasteiger partial charge in [0.25, 0.3) is 0 Å². The summed E-state index contributed by atoms with van der Waals surface area (Å²) in [6.45, 7) is 1.43. The van der Waals surface area contributed by atoms with Gasteiger partial charge >= 0.3 is 0 Å². The lowest BCUT2D eigenvalue weighted by Gasteiger charge is -2.48. The fourth-order valence-electron chi connectivity index (χ4n) is 7.38. The molecular weight excluding hydrogens is 830 g/mol. The van der Waals surface area contributed by atoms with E-state index in [0.29, 0.717) is 19.3 Å². The first-order chi connectivity index (χ1) is 30.3. The number of carbonyl (C=O) groups is 1. The van der Waals surface area contributed by atoms with Crippen LogP contribution < -0.4 is 5.32 Å². The SMILES string of the molecule is CC/C=C\C/C=C\C/C=C\C/C=C\CCC(=O)NC(COC1OC(CO)C(OC2OC(CO)C(OC3OC(CO)C(O)C(O)C3O)C(O)C2O)C(O)C1O)C(O)CCCCCCC. The van der Waals surface area contributed by atoms with Crippen LogP contribution in [0.15, 0.2) is 48.6 Å². The fraction of sp³-hybridized carbons (Fsp3) is 0.795. The summed E-state index contributed by atoms with van der Waals surface area (Å²) in [5, 5.41) is 119. The third kappa shape index (κ3) is 17.5. The third-order valence-electron chi connectivity index (χ3n) is 11.2. The Morgan fingerprint density at radius 2 is 1.06 bits per heavy atom. The molecule has 12 N–H and O–H groups in total. The minimum atomic E-state index is -1.98. The molecule has 364 valence electrons. The van der Waals surface area contributed by atoms with Gasteiger partial charge in [-0.2, -0.15) is 0 Å². The molecule has 3 heterocycles. The van der Waals surface area contributed by atoms with E-state index in [4.69, 9.17) is 28.4 Å². The van der Waals surface area contributed by atoms with Crippen LogP contribution in [0.3, 0.4) is 0 Å². The number of aliphatic hydroxyl groups is 11.